The van der Waals surface area contributed by atoms with Crippen molar-refractivity contribution < 1.29 is 18.0 Å². The van der Waals surface area contributed by atoms with Crippen LogP contribution in [0, 0.1) is 0 Å². The molecule has 6 heteroatoms. The van der Waals surface area contributed by atoms with Gasteiger partial charge in [0.05, 0.1) is 0 Å². The summed E-state index contributed by atoms with van der Waals surface area (Å²) in [7, 11) is 0. The van der Waals surface area contributed by atoms with Crippen molar-refractivity contribution in [2.24, 2.45) is 0 Å². The number of halogens is 3. The summed E-state index contributed by atoms with van der Waals surface area (Å²) < 4.78 is 35.2. The second-order valence-corrected chi connectivity index (χ2v) is 3.95. The van der Waals surface area contributed by atoms with Gasteiger partial charge in [-0.15, -0.1) is 0 Å². The smallest absolute Gasteiger partial charge is 0.314 e. The summed E-state index contributed by atoms with van der Waals surface area (Å²) in [6.07, 6.45) is -1.25. The molecule has 0 aliphatic carbocycles. The Hall–Kier alpha value is -0.330. The molecule has 90 valence electrons. The van der Waals surface area contributed by atoms with Crippen LogP contribution in [0.2, 0.25) is 0 Å². The summed E-state index contributed by atoms with van der Waals surface area (Å²) in [6, 6.07) is 0.338. The molecule has 0 aromatic heterocycles. The van der Waals surface area contributed by atoms with E-state index in [0.717, 1.165) is 25.8 Å². The first kappa shape index (κ1) is 12.7. The van der Waals surface area contributed by atoms with Gasteiger partial charge in [-0.2, -0.15) is 18.7 Å². The van der Waals surface area contributed by atoms with Crippen LogP contribution in [0.25, 0.3) is 0 Å². The van der Waals surface area contributed by atoms with Crippen molar-refractivity contribution >= 4 is 0 Å². The first-order valence-electron chi connectivity index (χ1n) is 5.15. The van der Waals surface area contributed by atoms with Crippen molar-refractivity contribution in [3.8, 4) is 0 Å². The van der Waals surface area contributed by atoms with Gasteiger partial charge in [-0.3, -0.25) is 4.84 Å². The summed E-state index contributed by atoms with van der Waals surface area (Å²) >= 11 is 0. The fourth-order valence-corrected chi connectivity index (χ4v) is 1.70. The molecule has 1 rings (SSSR count). The van der Waals surface area contributed by atoms with Gasteiger partial charge in [-0.25, -0.2) is 0 Å². The SMILES string of the molecule is CC(CC1CCCN1)NOCC(F)(F)F. The highest BCUT2D eigenvalue weighted by Crippen LogP contribution is 2.14. The standard InChI is InChI=1S/C9H17F3N2O/c1-7(5-8-3-2-4-13-8)14-15-6-9(10,11)12/h7-8,13-14H,2-6H2,1H3. The topological polar surface area (TPSA) is 33.3 Å². The highest BCUT2D eigenvalue weighted by molar-refractivity contribution is 4.77. The molecule has 2 unspecified atom stereocenters. The summed E-state index contributed by atoms with van der Waals surface area (Å²) in [5.41, 5.74) is 2.41. The van der Waals surface area contributed by atoms with Gasteiger partial charge in [0.15, 0.2) is 6.61 Å². The molecule has 0 radical (unpaired) electrons. The van der Waals surface area contributed by atoms with Crippen molar-refractivity contribution in [2.75, 3.05) is 13.2 Å². The molecule has 0 bridgehead atoms. The van der Waals surface area contributed by atoms with Crippen LogP contribution < -0.4 is 10.8 Å². The average Bonchev–Trinajstić information content (AvgIpc) is 2.54. The van der Waals surface area contributed by atoms with E-state index in [4.69, 9.17) is 0 Å². The molecule has 1 saturated heterocycles. The van der Waals surface area contributed by atoms with Crippen LogP contribution in [0.4, 0.5) is 13.2 Å². The molecular formula is C9H17F3N2O. The Morgan fingerprint density at radius 3 is 2.80 bits per heavy atom. The zero-order valence-corrected chi connectivity index (χ0v) is 8.73. The lowest BCUT2D eigenvalue weighted by atomic mass is 10.1. The van der Waals surface area contributed by atoms with Crippen molar-refractivity contribution in [1.29, 1.82) is 0 Å². The highest BCUT2D eigenvalue weighted by Gasteiger charge is 2.28. The normalized spacial score (nSPS) is 24.4. The molecule has 0 spiro atoms. The minimum Gasteiger partial charge on any atom is -0.314 e. The Morgan fingerprint density at radius 1 is 1.53 bits per heavy atom. The van der Waals surface area contributed by atoms with Gasteiger partial charge in [0.1, 0.15) is 0 Å². The third kappa shape index (κ3) is 5.96. The first-order valence-corrected chi connectivity index (χ1v) is 5.15. The summed E-state index contributed by atoms with van der Waals surface area (Å²) in [4.78, 5) is 4.37. The van der Waals surface area contributed by atoms with E-state index in [1.807, 2.05) is 6.92 Å². The van der Waals surface area contributed by atoms with Crippen molar-refractivity contribution in [3.05, 3.63) is 0 Å². The Balaban J connectivity index is 2.05. The van der Waals surface area contributed by atoms with Gasteiger partial charge >= 0.3 is 6.18 Å². The molecular weight excluding hydrogens is 209 g/mol. The molecule has 1 aliphatic rings. The third-order valence-corrected chi connectivity index (χ3v) is 2.32. The van der Waals surface area contributed by atoms with E-state index in [9.17, 15) is 13.2 Å². The fraction of sp³-hybridized carbons (Fsp3) is 1.00. The third-order valence-electron chi connectivity index (χ3n) is 2.32. The molecule has 1 fully saturated rings. The van der Waals surface area contributed by atoms with Crippen LogP contribution in [-0.2, 0) is 4.84 Å². The minimum absolute atomic E-state index is 0.0667. The Kier molecular flexibility index (Phi) is 4.82. The van der Waals surface area contributed by atoms with Crippen LogP contribution >= 0.6 is 0 Å². The molecule has 0 aromatic carbocycles. The number of rotatable bonds is 5. The van der Waals surface area contributed by atoms with E-state index in [1.165, 1.54) is 0 Å². The van der Waals surface area contributed by atoms with Gasteiger partial charge in [0.25, 0.3) is 0 Å². The van der Waals surface area contributed by atoms with Gasteiger partial charge in [-0.05, 0) is 32.7 Å². The van der Waals surface area contributed by atoms with Crippen LogP contribution in [-0.4, -0.2) is 31.4 Å². The minimum atomic E-state index is -4.27. The molecule has 1 heterocycles. The van der Waals surface area contributed by atoms with Crippen molar-refractivity contribution in [2.45, 2.75) is 44.4 Å². The van der Waals surface area contributed by atoms with Crippen molar-refractivity contribution in [1.82, 2.24) is 10.8 Å². The maximum Gasteiger partial charge on any atom is 0.413 e. The largest absolute Gasteiger partial charge is 0.413 e. The first-order chi connectivity index (χ1) is 6.97. The zero-order chi connectivity index (χ0) is 11.3. The quantitative estimate of drug-likeness (QED) is 0.699. The molecule has 1 aliphatic heterocycles. The van der Waals surface area contributed by atoms with Crippen molar-refractivity contribution in [3.63, 3.8) is 0 Å². The van der Waals surface area contributed by atoms with Crippen LogP contribution in [0.1, 0.15) is 26.2 Å². The lowest BCUT2D eigenvalue weighted by molar-refractivity contribution is -0.192. The summed E-state index contributed by atoms with van der Waals surface area (Å²) in [5, 5.41) is 3.28. The van der Waals surface area contributed by atoms with E-state index >= 15 is 0 Å². The molecule has 3 nitrogen and oxygen atoms in total. The molecule has 2 atom stereocenters. The molecule has 0 amide bonds. The fourth-order valence-electron chi connectivity index (χ4n) is 1.70. The van der Waals surface area contributed by atoms with E-state index in [1.54, 1.807) is 0 Å². The van der Waals surface area contributed by atoms with E-state index < -0.39 is 12.8 Å². The summed E-state index contributed by atoms with van der Waals surface area (Å²) in [5.74, 6) is 0. The van der Waals surface area contributed by atoms with Gasteiger partial charge in [-0.1, -0.05) is 0 Å². The predicted octanol–water partition coefficient (Wildman–Crippen LogP) is 1.60. The van der Waals surface area contributed by atoms with E-state index in [2.05, 4.69) is 15.6 Å². The molecule has 15 heavy (non-hydrogen) atoms. The molecule has 2 N–H and O–H groups in total. The number of hydrogen-bond acceptors (Lipinski definition) is 3. The number of hydroxylamine groups is 1. The van der Waals surface area contributed by atoms with Crippen LogP contribution in [0.3, 0.4) is 0 Å². The number of nitrogens with one attached hydrogen (secondary N) is 2. The number of hydrogen-bond donors (Lipinski definition) is 2. The Morgan fingerprint density at radius 2 is 2.27 bits per heavy atom. The lowest BCUT2D eigenvalue weighted by Gasteiger charge is -2.18. The van der Waals surface area contributed by atoms with Gasteiger partial charge in [0.2, 0.25) is 0 Å². The Labute approximate surface area is 87.3 Å². The molecule has 0 aromatic rings. The number of alkyl halides is 3. The van der Waals surface area contributed by atoms with Crippen LogP contribution in [0.15, 0.2) is 0 Å². The van der Waals surface area contributed by atoms with E-state index in [-0.39, 0.29) is 6.04 Å². The highest BCUT2D eigenvalue weighted by atomic mass is 19.4. The second-order valence-electron chi connectivity index (χ2n) is 3.95. The van der Waals surface area contributed by atoms with Crippen LogP contribution in [0.5, 0.6) is 0 Å². The Bertz CT molecular complexity index is 181. The maximum absolute atomic E-state index is 11.7. The summed E-state index contributed by atoms with van der Waals surface area (Å²) in [6.45, 7) is 1.58. The monoisotopic (exact) mass is 226 g/mol. The van der Waals surface area contributed by atoms with E-state index in [0.29, 0.717) is 6.04 Å². The van der Waals surface area contributed by atoms with Gasteiger partial charge in [0, 0.05) is 12.1 Å². The maximum atomic E-state index is 11.7. The predicted molar refractivity (Wildman–Crippen MR) is 50.2 cm³/mol. The second kappa shape index (κ2) is 5.67. The lowest BCUT2D eigenvalue weighted by Crippen LogP contribution is -2.36. The average molecular weight is 226 g/mol. The molecule has 0 saturated carbocycles. The van der Waals surface area contributed by atoms with Gasteiger partial charge < -0.3 is 5.32 Å². The zero-order valence-electron chi connectivity index (χ0n) is 8.73.